The van der Waals surface area contributed by atoms with Crippen molar-refractivity contribution in [3.63, 3.8) is 0 Å². The summed E-state index contributed by atoms with van der Waals surface area (Å²) in [4.78, 5) is 15.2. The molecule has 1 aromatic heterocycles. The summed E-state index contributed by atoms with van der Waals surface area (Å²) in [7, 11) is 0. The van der Waals surface area contributed by atoms with Crippen LogP contribution in [0.25, 0.3) is 132 Å². The predicted octanol–water partition coefficient (Wildman–Crippen LogP) is 16.2. The smallest absolute Gasteiger partial charge is 0.164 e. The number of benzene rings is 11. The third-order valence-electron chi connectivity index (χ3n) is 13.0. The third-order valence-corrected chi connectivity index (χ3v) is 13.0. The highest BCUT2D eigenvalue weighted by molar-refractivity contribution is 6.37. The molecule has 0 spiro atoms. The van der Waals surface area contributed by atoms with Crippen molar-refractivity contribution in [2.75, 3.05) is 0 Å². The van der Waals surface area contributed by atoms with Crippen LogP contribution in [-0.2, 0) is 0 Å². The van der Waals surface area contributed by atoms with Crippen LogP contribution >= 0.6 is 0 Å². The van der Waals surface area contributed by atoms with Crippen molar-refractivity contribution >= 4 is 64.6 Å². The predicted molar refractivity (Wildman–Crippen MR) is 269 cm³/mol. The maximum Gasteiger partial charge on any atom is 0.164 e. The summed E-state index contributed by atoms with van der Waals surface area (Å²) in [6.45, 7) is 0. The van der Waals surface area contributed by atoms with E-state index >= 15 is 0 Å². The quantitative estimate of drug-likeness (QED) is 0.157. The van der Waals surface area contributed by atoms with Gasteiger partial charge in [-0.3, -0.25) is 0 Å². The van der Waals surface area contributed by atoms with Crippen LogP contribution in [0.15, 0.2) is 224 Å². The van der Waals surface area contributed by atoms with E-state index in [0.717, 1.165) is 38.9 Å². The van der Waals surface area contributed by atoms with E-state index in [4.69, 9.17) is 15.0 Å². The van der Waals surface area contributed by atoms with Gasteiger partial charge in [0, 0.05) is 16.7 Å². The molecule has 64 heavy (non-hydrogen) atoms. The molecule has 0 amide bonds. The number of hydrogen-bond donors (Lipinski definition) is 0. The molecule has 12 aromatic carbocycles. The zero-order chi connectivity index (χ0) is 42.1. The molecule has 0 aliphatic rings. The number of nitrogens with zero attached hydrogens (tertiary/aromatic N) is 3. The van der Waals surface area contributed by atoms with Gasteiger partial charge in [0.15, 0.2) is 17.5 Å². The second-order valence-corrected chi connectivity index (χ2v) is 16.7. The zero-order valence-electron chi connectivity index (χ0n) is 34.7. The summed E-state index contributed by atoms with van der Waals surface area (Å²) in [5.41, 5.74) is 9.69. The number of fused-ring (bicyclic) bond motifs is 2. The fourth-order valence-electron chi connectivity index (χ4n) is 10.0. The normalized spacial score (nSPS) is 11.8. The van der Waals surface area contributed by atoms with Crippen LogP contribution in [0.1, 0.15) is 0 Å². The molecule has 3 nitrogen and oxygen atoms in total. The third kappa shape index (κ3) is 5.86. The Morgan fingerprint density at radius 1 is 0.203 bits per heavy atom. The first-order chi connectivity index (χ1) is 31.7. The van der Waals surface area contributed by atoms with Crippen molar-refractivity contribution in [2.45, 2.75) is 0 Å². The Balaban J connectivity index is 0.904. The molecule has 296 valence electrons. The first-order valence-corrected chi connectivity index (χ1v) is 21.8. The van der Waals surface area contributed by atoms with Crippen molar-refractivity contribution in [3.05, 3.63) is 224 Å². The van der Waals surface area contributed by atoms with Gasteiger partial charge in [0.05, 0.1) is 0 Å². The Labute approximate surface area is 370 Å². The number of rotatable bonds is 6. The highest BCUT2D eigenvalue weighted by Crippen LogP contribution is 2.44. The Bertz CT molecular complexity index is 3910. The van der Waals surface area contributed by atoms with Crippen LogP contribution in [0.4, 0.5) is 0 Å². The van der Waals surface area contributed by atoms with Gasteiger partial charge in [-0.25, -0.2) is 15.0 Å². The summed E-state index contributed by atoms with van der Waals surface area (Å²) in [5.74, 6) is 1.92. The van der Waals surface area contributed by atoms with E-state index in [0.29, 0.717) is 17.5 Å². The van der Waals surface area contributed by atoms with E-state index in [1.807, 2.05) is 42.5 Å². The molecule has 0 fully saturated rings. The Kier molecular flexibility index (Phi) is 8.22. The second kappa shape index (κ2) is 14.5. The maximum atomic E-state index is 5.11. The summed E-state index contributed by atoms with van der Waals surface area (Å²) < 4.78 is 0. The van der Waals surface area contributed by atoms with Crippen LogP contribution in [-0.4, -0.2) is 15.0 Å². The Morgan fingerprint density at radius 3 is 1.14 bits per heavy atom. The van der Waals surface area contributed by atoms with Crippen LogP contribution < -0.4 is 0 Å². The van der Waals surface area contributed by atoms with Crippen molar-refractivity contribution in [3.8, 4) is 67.5 Å². The van der Waals surface area contributed by atoms with Gasteiger partial charge in [0.2, 0.25) is 0 Å². The molecule has 0 radical (unpaired) electrons. The summed E-state index contributed by atoms with van der Waals surface area (Å²) >= 11 is 0. The van der Waals surface area contributed by atoms with Gasteiger partial charge in [0.1, 0.15) is 0 Å². The number of aromatic nitrogens is 3. The fourth-order valence-corrected chi connectivity index (χ4v) is 10.0. The highest BCUT2D eigenvalue weighted by Gasteiger charge is 2.18. The van der Waals surface area contributed by atoms with Gasteiger partial charge in [-0.1, -0.05) is 212 Å². The van der Waals surface area contributed by atoms with Crippen LogP contribution in [0.2, 0.25) is 0 Å². The van der Waals surface area contributed by atoms with E-state index in [9.17, 15) is 0 Å². The molecule has 13 aromatic rings. The van der Waals surface area contributed by atoms with E-state index in [-0.39, 0.29) is 0 Å². The topological polar surface area (TPSA) is 38.7 Å². The zero-order valence-corrected chi connectivity index (χ0v) is 34.7. The van der Waals surface area contributed by atoms with E-state index in [1.165, 1.54) is 75.8 Å². The first kappa shape index (κ1) is 36.2. The molecule has 0 atom stereocenters. The first-order valence-electron chi connectivity index (χ1n) is 21.8. The summed E-state index contributed by atoms with van der Waals surface area (Å²) in [5, 5.41) is 15.5. The minimum absolute atomic E-state index is 0.635. The lowest BCUT2D eigenvalue weighted by Gasteiger charge is -2.17. The van der Waals surface area contributed by atoms with Crippen molar-refractivity contribution in [2.24, 2.45) is 0 Å². The van der Waals surface area contributed by atoms with Gasteiger partial charge in [-0.05, 0) is 110 Å². The van der Waals surface area contributed by atoms with Crippen molar-refractivity contribution in [1.82, 2.24) is 15.0 Å². The largest absolute Gasteiger partial charge is 0.208 e. The van der Waals surface area contributed by atoms with E-state index in [2.05, 4.69) is 182 Å². The minimum Gasteiger partial charge on any atom is -0.208 e. The van der Waals surface area contributed by atoms with Gasteiger partial charge >= 0.3 is 0 Å². The molecule has 0 aliphatic heterocycles. The van der Waals surface area contributed by atoms with E-state index < -0.39 is 0 Å². The van der Waals surface area contributed by atoms with Gasteiger partial charge in [-0.15, -0.1) is 0 Å². The standard InChI is InChI=1S/C61H37N3/c1-3-12-41(13-4-1)49-19-7-8-20-53(49)61-63-59(45-14-5-2-6-15-45)62-60(64-61)46-33-28-39(29-34-46)38-24-26-40(27-25-38)48-36-47-35-32-44-17-10-22-51-50-21-9-16-42-30-31-43-18-11-23-52(57(43)55(42)50)54(37-48)58(47)56(44)51/h1-37H. The SMILES string of the molecule is c1ccc(-c2nc(-c3ccc(-c4ccc(-c5cc6ccc7cccc8c9cccc%10ccc%11cccc(c(c5)c6c78)c%11c%109)cc4)cc3)nc(-c3ccccc3-c3ccccc3)n2)cc1. The van der Waals surface area contributed by atoms with Crippen molar-refractivity contribution < 1.29 is 0 Å². The summed E-state index contributed by atoms with van der Waals surface area (Å²) in [6, 6.07) is 80.7. The highest BCUT2D eigenvalue weighted by atomic mass is 15.0. The Morgan fingerprint density at radius 2 is 0.594 bits per heavy atom. The molecule has 0 saturated heterocycles. The van der Waals surface area contributed by atoms with Gasteiger partial charge in [-0.2, -0.15) is 0 Å². The molecule has 0 aliphatic carbocycles. The average molecular weight is 812 g/mol. The molecule has 1 heterocycles. The molecule has 13 rings (SSSR count). The van der Waals surface area contributed by atoms with E-state index in [1.54, 1.807) is 0 Å². The summed E-state index contributed by atoms with van der Waals surface area (Å²) in [6.07, 6.45) is 0. The van der Waals surface area contributed by atoms with Crippen LogP contribution in [0.3, 0.4) is 0 Å². The molecule has 0 saturated carbocycles. The molecule has 0 unspecified atom stereocenters. The van der Waals surface area contributed by atoms with Crippen LogP contribution in [0.5, 0.6) is 0 Å². The van der Waals surface area contributed by atoms with Gasteiger partial charge < -0.3 is 0 Å². The van der Waals surface area contributed by atoms with Crippen molar-refractivity contribution in [1.29, 1.82) is 0 Å². The lowest BCUT2D eigenvalue weighted by atomic mass is 9.86. The lowest BCUT2D eigenvalue weighted by molar-refractivity contribution is 1.07. The van der Waals surface area contributed by atoms with Gasteiger partial charge in [0.25, 0.3) is 0 Å². The van der Waals surface area contributed by atoms with Crippen LogP contribution in [0, 0.1) is 0 Å². The molecular formula is C61H37N3. The Hall–Kier alpha value is -8.53. The maximum absolute atomic E-state index is 5.11. The molecule has 0 N–H and O–H groups in total. The molecule has 0 bridgehead atoms. The lowest BCUT2D eigenvalue weighted by Crippen LogP contribution is -2.01. The number of hydrogen-bond acceptors (Lipinski definition) is 3. The minimum atomic E-state index is 0.635. The molecular weight excluding hydrogens is 775 g/mol. The molecule has 3 heteroatoms. The second-order valence-electron chi connectivity index (χ2n) is 16.7. The fraction of sp³-hybridized carbons (Fsp3) is 0. The monoisotopic (exact) mass is 811 g/mol. The average Bonchev–Trinajstić information content (AvgIpc) is 3.37.